The van der Waals surface area contributed by atoms with E-state index >= 15 is 0 Å². The van der Waals surface area contributed by atoms with Gasteiger partial charge in [0, 0.05) is 12.1 Å². The number of benzene rings is 2. The van der Waals surface area contributed by atoms with E-state index in [0.717, 1.165) is 11.0 Å². The summed E-state index contributed by atoms with van der Waals surface area (Å²) in [6, 6.07) is 16.5. The molecular formula is C12H13I4NOS. The Morgan fingerprint density at radius 2 is 1.05 bits per heavy atom. The van der Waals surface area contributed by atoms with E-state index in [0.29, 0.717) is 0 Å². The molecule has 2 nitrogen and oxygen atoms in total. The van der Waals surface area contributed by atoms with Gasteiger partial charge in [-0.25, -0.2) is 4.98 Å². The van der Waals surface area contributed by atoms with Crippen LogP contribution in [0.25, 0.3) is 20.4 Å². The second-order valence-electron chi connectivity index (χ2n) is 3.15. The smallest absolute Gasteiger partial charge is 0.257 e. The lowest BCUT2D eigenvalue weighted by Crippen LogP contribution is -3.00. The van der Waals surface area contributed by atoms with E-state index in [2.05, 4.69) is 41.4 Å². The molecule has 0 aliphatic carbocycles. The lowest BCUT2D eigenvalue weighted by molar-refractivity contribution is -0.00000407. The van der Waals surface area contributed by atoms with E-state index < -0.39 is 0 Å². The standard InChI is InChI=1S/C12H8NS.4HI.H2O/c1-3-7-11-9(5-1)13-10-6-2-4-8-12(10)14-11;;;;;/h1-8H;4*1H;1H2/q+1;;;;;/p-1. The Labute approximate surface area is 184 Å². The van der Waals surface area contributed by atoms with Crippen LogP contribution >= 0.6 is 83.3 Å². The Kier molecular flexibility index (Phi) is 15.9. The van der Waals surface area contributed by atoms with Gasteiger partial charge in [-0.3, -0.25) is 0 Å². The van der Waals surface area contributed by atoms with Crippen LogP contribution in [0.15, 0.2) is 48.5 Å². The molecule has 2 aromatic carbocycles. The van der Waals surface area contributed by atoms with Crippen LogP contribution in [0.5, 0.6) is 0 Å². The zero-order valence-corrected chi connectivity index (χ0v) is 19.5. The molecule has 0 bridgehead atoms. The van der Waals surface area contributed by atoms with Gasteiger partial charge in [0.15, 0.2) is 0 Å². The van der Waals surface area contributed by atoms with Crippen molar-refractivity contribution >= 4 is 104 Å². The third kappa shape index (κ3) is 5.92. The first kappa shape index (κ1) is 25.3. The van der Waals surface area contributed by atoms with Crippen LogP contribution in [-0.2, 0) is 0 Å². The highest BCUT2D eigenvalue weighted by molar-refractivity contribution is 14.0. The van der Waals surface area contributed by atoms with Crippen molar-refractivity contribution in [2.24, 2.45) is 0 Å². The van der Waals surface area contributed by atoms with Crippen molar-refractivity contribution in [1.82, 2.24) is 4.98 Å². The van der Waals surface area contributed by atoms with E-state index in [1.165, 1.54) is 9.40 Å². The second kappa shape index (κ2) is 11.9. The molecular weight excluding hydrogens is 714 g/mol. The first-order chi connectivity index (χ1) is 6.93. The number of hydrogen-bond acceptors (Lipinski definition) is 1. The predicted molar refractivity (Wildman–Crippen MR) is 111 cm³/mol. The summed E-state index contributed by atoms with van der Waals surface area (Å²) in [5.41, 5.74) is 2.16. The fourth-order valence-corrected chi connectivity index (χ4v) is 2.49. The quantitative estimate of drug-likeness (QED) is 0.198. The molecule has 0 aliphatic rings. The molecule has 1 aromatic heterocycles. The molecule has 1 heterocycles. The van der Waals surface area contributed by atoms with Crippen LogP contribution in [-0.4, -0.2) is 10.5 Å². The van der Waals surface area contributed by atoms with Crippen LogP contribution in [0.3, 0.4) is 0 Å². The monoisotopic (exact) mass is 727 g/mol. The first-order valence-corrected chi connectivity index (χ1v) is 5.33. The molecule has 2 N–H and O–H groups in total. The molecule has 7 heteroatoms. The minimum atomic E-state index is 0. The predicted octanol–water partition coefficient (Wildman–Crippen LogP) is 1.76. The molecule has 3 rings (SSSR count). The van der Waals surface area contributed by atoms with Gasteiger partial charge in [0.2, 0.25) is 11.3 Å². The Balaban J connectivity index is -0.000000512. The van der Waals surface area contributed by atoms with Gasteiger partial charge in [0.25, 0.3) is 9.40 Å². The van der Waals surface area contributed by atoms with Crippen molar-refractivity contribution in [2.75, 3.05) is 0 Å². The molecule has 106 valence electrons. The lowest BCUT2D eigenvalue weighted by atomic mass is 10.3. The van der Waals surface area contributed by atoms with Gasteiger partial charge in [-0.1, -0.05) is 24.3 Å². The third-order valence-electron chi connectivity index (χ3n) is 2.19. The van der Waals surface area contributed by atoms with E-state index in [1.54, 1.807) is 11.3 Å². The summed E-state index contributed by atoms with van der Waals surface area (Å²) in [5.74, 6) is 0. The van der Waals surface area contributed by atoms with Crippen molar-refractivity contribution in [1.29, 1.82) is 0 Å². The summed E-state index contributed by atoms with van der Waals surface area (Å²) in [6.07, 6.45) is 0. The summed E-state index contributed by atoms with van der Waals surface area (Å²) < 4.78 is 2.48. The van der Waals surface area contributed by atoms with Gasteiger partial charge in [0.05, 0.1) is 0 Å². The molecule has 0 amide bonds. The zero-order chi connectivity index (χ0) is 9.38. The summed E-state index contributed by atoms with van der Waals surface area (Å²) >= 11 is 1.79. The van der Waals surface area contributed by atoms with Gasteiger partial charge in [-0.05, 0) is 12.1 Å². The van der Waals surface area contributed by atoms with Gasteiger partial charge < -0.3 is 29.5 Å². The van der Waals surface area contributed by atoms with Crippen molar-refractivity contribution < 1.29 is 29.5 Å². The van der Waals surface area contributed by atoms with Crippen molar-refractivity contribution in [3.8, 4) is 0 Å². The summed E-state index contributed by atoms with van der Waals surface area (Å²) in [7, 11) is 0. The first-order valence-electron chi connectivity index (χ1n) is 4.51. The topological polar surface area (TPSA) is 44.4 Å². The maximum Gasteiger partial charge on any atom is 0.257 e. The maximum atomic E-state index is 4.59. The molecule has 0 aliphatic heterocycles. The molecule has 0 spiro atoms. The van der Waals surface area contributed by atoms with Crippen molar-refractivity contribution in [3.63, 3.8) is 0 Å². The molecule has 0 atom stereocenters. The van der Waals surface area contributed by atoms with Crippen molar-refractivity contribution in [3.05, 3.63) is 48.5 Å². The van der Waals surface area contributed by atoms with Crippen LogP contribution in [0.1, 0.15) is 0 Å². The number of hydrogen-bond donors (Lipinski definition) is 0. The number of para-hydroxylation sites is 2. The van der Waals surface area contributed by atoms with Crippen molar-refractivity contribution in [2.45, 2.75) is 0 Å². The second-order valence-corrected chi connectivity index (χ2v) is 4.23. The van der Waals surface area contributed by atoms with Gasteiger partial charge >= 0.3 is 0 Å². The Morgan fingerprint density at radius 1 is 0.684 bits per heavy atom. The number of nitrogens with zero attached hydrogens (tertiary/aromatic N) is 1. The fourth-order valence-electron chi connectivity index (χ4n) is 1.52. The molecule has 0 fully saturated rings. The lowest BCUT2D eigenvalue weighted by Gasteiger charge is -1.89. The van der Waals surface area contributed by atoms with E-state index in [4.69, 9.17) is 0 Å². The number of rotatable bonds is 0. The van der Waals surface area contributed by atoms with E-state index in [1.807, 2.05) is 12.1 Å². The minimum Gasteiger partial charge on any atom is -1.00 e. The molecule has 0 unspecified atom stereocenters. The largest absolute Gasteiger partial charge is 1.00 e. The average Bonchev–Trinajstić information content (AvgIpc) is 2.26. The minimum absolute atomic E-state index is 0. The maximum absolute atomic E-state index is 4.59. The van der Waals surface area contributed by atoms with Crippen LogP contribution in [0.2, 0.25) is 0 Å². The Hall–Kier alpha value is 1.34. The third-order valence-corrected chi connectivity index (χ3v) is 3.32. The van der Waals surface area contributed by atoms with Crippen LogP contribution in [0.4, 0.5) is 0 Å². The van der Waals surface area contributed by atoms with Gasteiger partial charge in [0.1, 0.15) is 11.0 Å². The summed E-state index contributed by atoms with van der Waals surface area (Å²) in [6.45, 7) is 0. The normalized spacial score (nSPS) is 8.00. The van der Waals surface area contributed by atoms with E-state index in [9.17, 15) is 0 Å². The highest BCUT2D eigenvalue weighted by Gasteiger charge is 2.09. The summed E-state index contributed by atoms with van der Waals surface area (Å²) in [5, 5.41) is 0. The fraction of sp³-hybridized carbons (Fsp3) is 0. The molecule has 0 saturated heterocycles. The molecule has 3 aromatic rings. The van der Waals surface area contributed by atoms with Crippen LogP contribution in [0, 0.1) is 0 Å². The van der Waals surface area contributed by atoms with E-state index in [-0.39, 0.29) is 101 Å². The molecule has 19 heavy (non-hydrogen) atoms. The average molecular weight is 727 g/mol. The SMILES string of the molecule is I.I.I.O.[I-].c1ccc2[s+]c3ccccc3nc2c1. The Morgan fingerprint density at radius 3 is 1.47 bits per heavy atom. The number of aromatic nitrogens is 1. The zero-order valence-electron chi connectivity index (χ0n) is 9.58. The number of halogens is 4. The molecule has 0 saturated carbocycles. The number of fused-ring (bicyclic) bond motifs is 2. The van der Waals surface area contributed by atoms with Crippen LogP contribution < -0.4 is 24.0 Å². The Bertz CT molecular complexity index is 518. The van der Waals surface area contributed by atoms with Gasteiger partial charge in [-0.15, -0.1) is 71.9 Å². The molecule has 0 radical (unpaired) electrons. The summed E-state index contributed by atoms with van der Waals surface area (Å²) in [4.78, 5) is 4.59. The highest BCUT2D eigenvalue weighted by atomic mass is 127. The highest BCUT2D eigenvalue weighted by Crippen LogP contribution is 2.24. The van der Waals surface area contributed by atoms with Gasteiger partial charge in [-0.2, -0.15) is 0 Å².